The fourth-order valence-corrected chi connectivity index (χ4v) is 3.87. The molecule has 0 unspecified atom stereocenters. The zero-order chi connectivity index (χ0) is 20.4. The van der Waals surface area contributed by atoms with Crippen molar-refractivity contribution in [2.75, 3.05) is 5.32 Å². The summed E-state index contributed by atoms with van der Waals surface area (Å²) in [7, 11) is 0. The second-order valence-electron chi connectivity index (χ2n) is 6.17. The van der Waals surface area contributed by atoms with Gasteiger partial charge in [0.25, 0.3) is 11.6 Å². The molecule has 29 heavy (non-hydrogen) atoms. The van der Waals surface area contributed by atoms with Gasteiger partial charge in [0.1, 0.15) is 5.82 Å². The molecule has 1 heterocycles. The number of aromatic amines is 1. The molecule has 0 aliphatic carbocycles. The number of non-ortho nitro benzene ring substituents is 1. The number of carbonyl (C=O) groups excluding carboxylic acids is 1. The van der Waals surface area contributed by atoms with Crippen LogP contribution in [-0.2, 0) is 0 Å². The molecule has 3 aromatic carbocycles. The van der Waals surface area contributed by atoms with Gasteiger partial charge >= 0.3 is 0 Å². The van der Waals surface area contributed by atoms with E-state index in [2.05, 4.69) is 10.3 Å². The smallest absolute Gasteiger partial charge is 0.270 e. The number of nitro groups is 1. The lowest BCUT2D eigenvalue weighted by molar-refractivity contribution is -0.384. The summed E-state index contributed by atoms with van der Waals surface area (Å²) in [6.07, 6.45) is 1.76. The lowest BCUT2D eigenvalue weighted by atomic mass is 10.1. The Bertz CT molecular complexity index is 1240. The Morgan fingerprint density at radius 2 is 1.86 bits per heavy atom. The molecule has 4 rings (SSSR count). The quantitative estimate of drug-likeness (QED) is 0.332. The normalized spacial score (nSPS) is 10.8. The molecule has 0 atom stereocenters. The fraction of sp³-hybridized carbons (Fsp3) is 0. The molecule has 1 amide bonds. The summed E-state index contributed by atoms with van der Waals surface area (Å²) < 4.78 is 14.1. The number of rotatable bonds is 5. The molecule has 0 spiro atoms. The Morgan fingerprint density at radius 3 is 2.66 bits per heavy atom. The number of halogens is 1. The van der Waals surface area contributed by atoms with Gasteiger partial charge in [-0.05, 0) is 36.4 Å². The van der Waals surface area contributed by atoms with Gasteiger partial charge in [0.15, 0.2) is 0 Å². The average molecular weight is 407 g/mol. The van der Waals surface area contributed by atoms with Crippen molar-refractivity contribution in [2.24, 2.45) is 0 Å². The largest absolute Gasteiger partial charge is 0.361 e. The van der Waals surface area contributed by atoms with E-state index in [1.165, 1.54) is 24.3 Å². The van der Waals surface area contributed by atoms with Gasteiger partial charge in [-0.1, -0.05) is 30.0 Å². The standard InChI is InChI=1S/C21H14FN3O3S/c22-16-4-1-2-7-20(16)29-19-9-8-13(25(27)28)12-15(19)21(26)24-18-6-3-5-17-14(18)10-11-23-17/h1-12,23H,(H,24,26). The number of benzene rings is 3. The van der Waals surface area contributed by atoms with Crippen LogP contribution in [0.15, 0.2) is 82.7 Å². The van der Waals surface area contributed by atoms with Gasteiger partial charge < -0.3 is 10.3 Å². The molecule has 4 aromatic rings. The molecule has 8 heteroatoms. The highest BCUT2D eigenvalue weighted by molar-refractivity contribution is 7.99. The molecular formula is C21H14FN3O3S. The minimum absolute atomic E-state index is 0.0972. The first-order valence-electron chi connectivity index (χ1n) is 8.61. The second kappa shape index (κ2) is 7.76. The number of anilines is 1. The van der Waals surface area contributed by atoms with Crippen molar-refractivity contribution in [2.45, 2.75) is 9.79 Å². The molecule has 2 N–H and O–H groups in total. The number of nitrogens with zero attached hydrogens (tertiary/aromatic N) is 1. The third-order valence-corrected chi connectivity index (χ3v) is 5.45. The maximum absolute atomic E-state index is 14.1. The van der Waals surface area contributed by atoms with Crippen molar-refractivity contribution >= 4 is 39.9 Å². The van der Waals surface area contributed by atoms with Crippen LogP contribution >= 0.6 is 11.8 Å². The zero-order valence-electron chi connectivity index (χ0n) is 14.9. The maximum Gasteiger partial charge on any atom is 0.270 e. The number of H-pyrrole nitrogens is 1. The number of amides is 1. The van der Waals surface area contributed by atoms with Crippen LogP contribution in [0.2, 0.25) is 0 Å². The highest BCUT2D eigenvalue weighted by atomic mass is 32.2. The number of hydrogen-bond acceptors (Lipinski definition) is 4. The van der Waals surface area contributed by atoms with Crippen molar-refractivity contribution in [1.82, 2.24) is 4.98 Å². The highest BCUT2D eigenvalue weighted by Crippen LogP contribution is 2.34. The van der Waals surface area contributed by atoms with Gasteiger partial charge in [0.05, 0.1) is 16.2 Å². The number of nitrogens with one attached hydrogen (secondary N) is 2. The number of carbonyl (C=O) groups is 1. The minimum atomic E-state index is -0.568. The van der Waals surface area contributed by atoms with E-state index in [0.717, 1.165) is 22.7 Å². The van der Waals surface area contributed by atoms with Crippen LogP contribution < -0.4 is 5.32 Å². The molecule has 0 saturated carbocycles. The van der Waals surface area contributed by atoms with E-state index < -0.39 is 16.6 Å². The van der Waals surface area contributed by atoms with Crippen molar-refractivity contribution in [1.29, 1.82) is 0 Å². The number of nitro benzene ring substituents is 1. The Labute approximate surface area is 168 Å². The van der Waals surface area contributed by atoms with E-state index >= 15 is 0 Å². The number of fused-ring (bicyclic) bond motifs is 1. The monoisotopic (exact) mass is 407 g/mol. The Balaban J connectivity index is 1.73. The maximum atomic E-state index is 14.1. The number of aromatic nitrogens is 1. The first kappa shape index (κ1) is 18.7. The van der Waals surface area contributed by atoms with Crippen LogP contribution in [0.5, 0.6) is 0 Å². The Morgan fingerprint density at radius 1 is 1.03 bits per heavy atom. The second-order valence-corrected chi connectivity index (χ2v) is 7.25. The first-order chi connectivity index (χ1) is 14.0. The van der Waals surface area contributed by atoms with Crippen LogP contribution in [0, 0.1) is 15.9 Å². The summed E-state index contributed by atoms with van der Waals surface area (Å²) >= 11 is 1.04. The van der Waals surface area contributed by atoms with Crippen molar-refractivity contribution in [3.8, 4) is 0 Å². The predicted octanol–water partition coefficient (Wildman–Crippen LogP) is 5.62. The summed E-state index contributed by atoms with van der Waals surface area (Å²) in [5.41, 5.74) is 1.30. The Hall–Kier alpha value is -3.65. The van der Waals surface area contributed by atoms with E-state index in [4.69, 9.17) is 0 Å². The number of hydrogen-bond donors (Lipinski definition) is 2. The van der Waals surface area contributed by atoms with Crippen LogP contribution in [0.4, 0.5) is 15.8 Å². The lowest BCUT2D eigenvalue weighted by Crippen LogP contribution is -2.13. The zero-order valence-corrected chi connectivity index (χ0v) is 15.7. The topological polar surface area (TPSA) is 88.0 Å². The molecule has 6 nitrogen and oxygen atoms in total. The lowest BCUT2D eigenvalue weighted by Gasteiger charge is -2.11. The van der Waals surface area contributed by atoms with Crippen LogP contribution in [-0.4, -0.2) is 15.8 Å². The van der Waals surface area contributed by atoms with Gasteiger partial charge in [-0.15, -0.1) is 0 Å². The first-order valence-corrected chi connectivity index (χ1v) is 9.43. The molecule has 0 fully saturated rings. The average Bonchev–Trinajstić information content (AvgIpc) is 3.19. The Kier molecular flexibility index (Phi) is 5.01. The van der Waals surface area contributed by atoms with E-state index in [-0.39, 0.29) is 11.3 Å². The van der Waals surface area contributed by atoms with E-state index in [9.17, 15) is 19.3 Å². The van der Waals surface area contributed by atoms with Crippen LogP contribution in [0.1, 0.15) is 10.4 Å². The van der Waals surface area contributed by atoms with Crippen LogP contribution in [0.3, 0.4) is 0 Å². The van der Waals surface area contributed by atoms with Gasteiger partial charge in [-0.25, -0.2) is 4.39 Å². The van der Waals surface area contributed by atoms with E-state index in [1.54, 1.807) is 36.5 Å². The molecule has 144 valence electrons. The van der Waals surface area contributed by atoms with E-state index in [1.807, 2.05) is 12.1 Å². The minimum Gasteiger partial charge on any atom is -0.361 e. The molecule has 0 saturated heterocycles. The van der Waals surface area contributed by atoms with Gasteiger partial charge in [0.2, 0.25) is 0 Å². The van der Waals surface area contributed by atoms with Gasteiger partial charge in [-0.2, -0.15) is 0 Å². The molecule has 0 aliphatic heterocycles. The molecule has 0 aliphatic rings. The van der Waals surface area contributed by atoms with Crippen molar-refractivity contribution in [3.63, 3.8) is 0 Å². The third kappa shape index (κ3) is 3.83. The summed E-state index contributed by atoms with van der Waals surface area (Å²) in [6.45, 7) is 0. The molecular weight excluding hydrogens is 393 g/mol. The third-order valence-electron chi connectivity index (χ3n) is 4.32. The summed E-state index contributed by atoms with van der Waals surface area (Å²) in [5.74, 6) is -0.944. The molecule has 0 bridgehead atoms. The summed E-state index contributed by atoms with van der Waals surface area (Å²) in [4.78, 5) is 27.4. The van der Waals surface area contributed by atoms with Gasteiger partial charge in [0, 0.05) is 39.0 Å². The van der Waals surface area contributed by atoms with Crippen molar-refractivity contribution < 1.29 is 14.1 Å². The van der Waals surface area contributed by atoms with Crippen LogP contribution in [0.25, 0.3) is 10.9 Å². The van der Waals surface area contributed by atoms with Gasteiger partial charge in [-0.3, -0.25) is 14.9 Å². The molecule has 0 radical (unpaired) electrons. The van der Waals surface area contributed by atoms with E-state index in [0.29, 0.717) is 15.5 Å². The highest BCUT2D eigenvalue weighted by Gasteiger charge is 2.19. The fourth-order valence-electron chi connectivity index (χ4n) is 2.93. The molecule has 1 aromatic heterocycles. The van der Waals surface area contributed by atoms with Crippen molar-refractivity contribution in [3.05, 3.63) is 94.4 Å². The summed E-state index contributed by atoms with van der Waals surface area (Å²) in [5, 5.41) is 14.8. The predicted molar refractivity (Wildman–Crippen MR) is 110 cm³/mol. The SMILES string of the molecule is O=C(Nc1cccc2[nH]ccc12)c1cc([N+](=O)[O-])ccc1Sc1ccccc1F. The summed E-state index contributed by atoms with van der Waals surface area (Å²) in [6, 6.07) is 17.4.